The summed E-state index contributed by atoms with van der Waals surface area (Å²) < 4.78 is 6.65. The quantitative estimate of drug-likeness (QED) is 0.784. The molecule has 3 aromatic rings. The van der Waals surface area contributed by atoms with Crippen molar-refractivity contribution in [1.82, 2.24) is 15.3 Å². The fraction of sp³-hybridized carbons (Fsp3) is 0.250. The third-order valence-corrected chi connectivity index (χ3v) is 4.37. The van der Waals surface area contributed by atoms with Crippen LogP contribution in [0, 0.1) is 0 Å². The Labute approximate surface area is 127 Å². The van der Waals surface area contributed by atoms with Crippen molar-refractivity contribution in [2.75, 3.05) is 13.7 Å². The van der Waals surface area contributed by atoms with Crippen molar-refractivity contribution in [3.8, 4) is 5.88 Å². The van der Waals surface area contributed by atoms with Crippen LogP contribution in [0.25, 0.3) is 10.1 Å². The average Bonchev–Trinajstić information content (AvgIpc) is 2.96. The minimum atomic E-state index is -0.0187. The van der Waals surface area contributed by atoms with E-state index in [1.54, 1.807) is 30.8 Å². The summed E-state index contributed by atoms with van der Waals surface area (Å²) in [4.78, 5) is 8.75. The molecule has 21 heavy (non-hydrogen) atoms. The molecule has 0 radical (unpaired) electrons. The van der Waals surface area contributed by atoms with Crippen LogP contribution in [0.1, 0.15) is 24.2 Å². The molecule has 0 bridgehead atoms. The fourth-order valence-electron chi connectivity index (χ4n) is 2.47. The van der Waals surface area contributed by atoms with Crippen LogP contribution in [0.5, 0.6) is 5.88 Å². The molecule has 108 valence electrons. The van der Waals surface area contributed by atoms with Gasteiger partial charge in [-0.3, -0.25) is 4.98 Å². The standard InChI is InChI=1S/C16H17N3OS/c1-3-17-14(15-16(20-2)19-9-8-18-15)12-10-21-13-7-5-4-6-11(12)13/h4-10,14,17H,3H2,1-2H3. The second kappa shape index (κ2) is 6.20. The Bertz CT molecular complexity index is 741. The van der Waals surface area contributed by atoms with E-state index in [-0.39, 0.29) is 6.04 Å². The highest BCUT2D eigenvalue weighted by Crippen LogP contribution is 2.34. The van der Waals surface area contributed by atoms with Gasteiger partial charge in [0.25, 0.3) is 0 Å². The number of ether oxygens (including phenoxy) is 1. The highest BCUT2D eigenvalue weighted by atomic mass is 32.1. The maximum absolute atomic E-state index is 5.37. The zero-order chi connectivity index (χ0) is 14.7. The monoisotopic (exact) mass is 299 g/mol. The summed E-state index contributed by atoms with van der Waals surface area (Å²) in [6.45, 7) is 2.93. The van der Waals surface area contributed by atoms with E-state index in [0.717, 1.165) is 12.2 Å². The lowest BCUT2D eigenvalue weighted by Gasteiger charge is -2.18. The Morgan fingerprint density at radius 1 is 1.24 bits per heavy atom. The number of rotatable bonds is 5. The molecule has 0 aliphatic carbocycles. The minimum absolute atomic E-state index is 0.0187. The molecule has 1 N–H and O–H groups in total. The number of nitrogens with one attached hydrogen (secondary N) is 1. The molecular formula is C16H17N3OS. The van der Waals surface area contributed by atoms with E-state index in [4.69, 9.17) is 4.74 Å². The number of fused-ring (bicyclic) bond motifs is 1. The molecule has 0 saturated carbocycles. The molecule has 2 heterocycles. The van der Waals surface area contributed by atoms with Gasteiger partial charge in [0.05, 0.1) is 13.2 Å². The number of benzene rings is 1. The number of hydrogen-bond acceptors (Lipinski definition) is 5. The second-order valence-corrected chi connectivity index (χ2v) is 5.54. The van der Waals surface area contributed by atoms with Gasteiger partial charge in [-0.25, -0.2) is 4.98 Å². The smallest absolute Gasteiger partial charge is 0.237 e. The van der Waals surface area contributed by atoms with Gasteiger partial charge in [-0.05, 0) is 28.9 Å². The van der Waals surface area contributed by atoms with Gasteiger partial charge in [0.2, 0.25) is 5.88 Å². The van der Waals surface area contributed by atoms with Crippen LogP contribution in [0.3, 0.4) is 0 Å². The molecule has 0 aliphatic rings. The Morgan fingerprint density at radius 2 is 2.05 bits per heavy atom. The van der Waals surface area contributed by atoms with Crippen molar-refractivity contribution < 1.29 is 4.74 Å². The van der Waals surface area contributed by atoms with Gasteiger partial charge in [-0.15, -0.1) is 11.3 Å². The van der Waals surface area contributed by atoms with E-state index in [9.17, 15) is 0 Å². The number of methoxy groups -OCH3 is 1. The van der Waals surface area contributed by atoms with Crippen LogP contribution in [-0.4, -0.2) is 23.6 Å². The fourth-order valence-corrected chi connectivity index (χ4v) is 3.46. The molecule has 3 rings (SSSR count). The molecule has 1 aromatic carbocycles. The lowest BCUT2D eigenvalue weighted by atomic mass is 10.0. The minimum Gasteiger partial charge on any atom is -0.480 e. The summed E-state index contributed by atoms with van der Waals surface area (Å²) in [6.07, 6.45) is 3.35. The maximum atomic E-state index is 5.37. The molecule has 1 atom stereocenters. The van der Waals surface area contributed by atoms with E-state index >= 15 is 0 Å². The molecule has 0 fully saturated rings. The average molecular weight is 299 g/mol. The van der Waals surface area contributed by atoms with Crippen molar-refractivity contribution in [3.05, 3.63) is 53.3 Å². The summed E-state index contributed by atoms with van der Waals surface area (Å²) in [5.41, 5.74) is 2.04. The molecule has 4 nitrogen and oxygen atoms in total. The van der Waals surface area contributed by atoms with Crippen molar-refractivity contribution in [3.63, 3.8) is 0 Å². The van der Waals surface area contributed by atoms with E-state index < -0.39 is 0 Å². The SMILES string of the molecule is CCNC(c1nccnc1OC)c1csc2ccccc12. The van der Waals surface area contributed by atoms with Crippen molar-refractivity contribution >= 4 is 21.4 Å². The molecular weight excluding hydrogens is 282 g/mol. The van der Waals surface area contributed by atoms with Crippen LogP contribution in [0.15, 0.2) is 42.0 Å². The van der Waals surface area contributed by atoms with E-state index in [2.05, 4.69) is 51.9 Å². The van der Waals surface area contributed by atoms with Crippen molar-refractivity contribution in [2.24, 2.45) is 0 Å². The van der Waals surface area contributed by atoms with Crippen LogP contribution in [0.4, 0.5) is 0 Å². The summed E-state index contributed by atoms with van der Waals surface area (Å²) in [6, 6.07) is 8.40. The van der Waals surface area contributed by atoms with Gasteiger partial charge in [-0.2, -0.15) is 0 Å². The van der Waals surface area contributed by atoms with Crippen molar-refractivity contribution in [2.45, 2.75) is 13.0 Å². The molecule has 5 heteroatoms. The first-order valence-corrected chi connectivity index (χ1v) is 7.77. The number of hydrogen-bond donors (Lipinski definition) is 1. The normalized spacial score (nSPS) is 12.5. The number of nitrogens with zero attached hydrogens (tertiary/aromatic N) is 2. The summed E-state index contributed by atoms with van der Waals surface area (Å²) in [5, 5.41) is 6.93. The molecule has 0 saturated heterocycles. The Morgan fingerprint density at radius 3 is 2.86 bits per heavy atom. The van der Waals surface area contributed by atoms with Gasteiger partial charge in [-0.1, -0.05) is 25.1 Å². The summed E-state index contributed by atoms with van der Waals surface area (Å²) >= 11 is 1.75. The summed E-state index contributed by atoms with van der Waals surface area (Å²) in [7, 11) is 1.63. The van der Waals surface area contributed by atoms with Gasteiger partial charge < -0.3 is 10.1 Å². The van der Waals surface area contributed by atoms with Crippen LogP contribution < -0.4 is 10.1 Å². The lowest BCUT2D eigenvalue weighted by molar-refractivity contribution is 0.383. The van der Waals surface area contributed by atoms with Crippen LogP contribution in [0.2, 0.25) is 0 Å². The molecule has 2 aromatic heterocycles. The molecule has 0 spiro atoms. The first-order valence-electron chi connectivity index (χ1n) is 6.89. The van der Waals surface area contributed by atoms with Gasteiger partial charge in [0.1, 0.15) is 5.69 Å². The van der Waals surface area contributed by atoms with Gasteiger partial charge >= 0.3 is 0 Å². The maximum Gasteiger partial charge on any atom is 0.237 e. The number of aromatic nitrogens is 2. The van der Waals surface area contributed by atoms with E-state index in [0.29, 0.717) is 5.88 Å². The van der Waals surface area contributed by atoms with E-state index in [1.807, 2.05) is 0 Å². The second-order valence-electron chi connectivity index (χ2n) is 4.63. The first kappa shape index (κ1) is 14.0. The predicted molar refractivity (Wildman–Crippen MR) is 85.9 cm³/mol. The lowest BCUT2D eigenvalue weighted by Crippen LogP contribution is -2.23. The Kier molecular flexibility index (Phi) is 4.13. The zero-order valence-corrected chi connectivity index (χ0v) is 12.9. The molecule has 1 unspecified atom stereocenters. The Balaban J connectivity index is 2.13. The summed E-state index contributed by atoms with van der Waals surface area (Å²) in [5.74, 6) is 0.568. The zero-order valence-electron chi connectivity index (χ0n) is 12.0. The van der Waals surface area contributed by atoms with Crippen LogP contribution >= 0.6 is 11.3 Å². The highest BCUT2D eigenvalue weighted by molar-refractivity contribution is 7.17. The van der Waals surface area contributed by atoms with Crippen LogP contribution in [-0.2, 0) is 0 Å². The van der Waals surface area contributed by atoms with Gasteiger partial charge in [0.15, 0.2) is 0 Å². The molecule has 0 aliphatic heterocycles. The largest absolute Gasteiger partial charge is 0.480 e. The molecule has 0 amide bonds. The highest BCUT2D eigenvalue weighted by Gasteiger charge is 2.22. The van der Waals surface area contributed by atoms with Gasteiger partial charge in [0, 0.05) is 17.1 Å². The first-order chi connectivity index (χ1) is 10.3. The van der Waals surface area contributed by atoms with E-state index in [1.165, 1.54) is 15.6 Å². The third-order valence-electron chi connectivity index (χ3n) is 3.39. The Hall–Kier alpha value is -1.98. The third kappa shape index (κ3) is 2.62. The number of thiophene rings is 1. The van der Waals surface area contributed by atoms with Crippen molar-refractivity contribution in [1.29, 1.82) is 0 Å². The predicted octanol–water partition coefficient (Wildman–Crippen LogP) is 3.40. The topological polar surface area (TPSA) is 47.0 Å².